The quantitative estimate of drug-likeness (QED) is 0.759. The second-order valence-electron chi connectivity index (χ2n) is 4.01. The molecule has 108 valence electrons. The van der Waals surface area contributed by atoms with Crippen LogP contribution < -0.4 is 4.72 Å². The molecule has 0 aliphatic carbocycles. The van der Waals surface area contributed by atoms with Gasteiger partial charge in [-0.15, -0.1) is 0 Å². The molecule has 0 atom stereocenters. The molecule has 9 heteroatoms. The Kier molecular flexibility index (Phi) is 4.38. The van der Waals surface area contributed by atoms with Crippen LogP contribution in [0.15, 0.2) is 27.6 Å². The van der Waals surface area contributed by atoms with Gasteiger partial charge in [-0.1, -0.05) is 11.6 Å². The molecule has 3 N–H and O–H groups in total. The van der Waals surface area contributed by atoms with E-state index in [-0.39, 0.29) is 10.6 Å². The fourth-order valence-electron chi connectivity index (χ4n) is 1.70. The van der Waals surface area contributed by atoms with Crippen LogP contribution in [0.1, 0.15) is 11.4 Å². The number of hydrogen-bond donors (Lipinski definition) is 3. The van der Waals surface area contributed by atoms with Crippen molar-refractivity contribution in [2.45, 2.75) is 18.4 Å². The number of anilines is 1. The maximum Gasteiger partial charge on any atom is 0.265 e. The monoisotopic (exact) mass is 379 g/mol. The van der Waals surface area contributed by atoms with E-state index in [1.807, 2.05) is 0 Å². The zero-order valence-corrected chi connectivity index (χ0v) is 13.5. The summed E-state index contributed by atoms with van der Waals surface area (Å²) in [6.45, 7) is 1.09. The lowest BCUT2D eigenvalue weighted by atomic mass is 10.3. The average molecular weight is 381 g/mol. The molecule has 1 heterocycles. The minimum absolute atomic E-state index is 0.0631. The van der Waals surface area contributed by atoms with Gasteiger partial charge >= 0.3 is 0 Å². The molecule has 0 bridgehead atoms. The fraction of sp³-hybridized carbons (Fsp3) is 0.182. The van der Waals surface area contributed by atoms with Gasteiger partial charge in [-0.3, -0.25) is 9.82 Å². The third-order valence-corrected chi connectivity index (χ3v) is 5.05. The van der Waals surface area contributed by atoms with Crippen LogP contribution in [-0.4, -0.2) is 23.7 Å². The Bertz CT molecular complexity index is 745. The number of nitrogens with zero attached hydrogens (tertiary/aromatic N) is 1. The number of aliphatic hydroxyl groups is 1. The molecule has 0 saturated heterocycles. The standard InChI is InChI=1S/C11H11BrClN3O3S/c1-6-11(10(5-17)15-14-6)20(18,19)16-9-4-7(13)2-3-8(9)12/h2-4,16-17H,5H2,1H3,(H,14,15). The molecule has 2 aromatic rings. The lowest BCUT2D eigenvalue weighted by Crippen LogP contribution is -2.15. The third-order valence-electron chi connectivity index (χ3n) is 2.55. The van der Waals surface area contributed by atoms with Crippen molar-refractivity contribution >= 4 is 43.2 Å². The van der Waals surface area contributed by atoms with Crippen LogP contribution in [0.4, 0.5) is 5.69 Å². The smallest absolute Gasteiger partial charge is 0.265 e. The molecule has 1 aromatic carbocycles. The molecule has 1 aromatic heterocycles. The summed E-state index contributed by atoms with van der Waals surface area (Å²) < 4.78 is 27.7. The molecule has 6 nitrogen and oxygen atoms in total. The maximum absolute atomic E-state index is 12.4. The SMILES string of the molecule is Cc1[nH]nc(CO)c1S(=O)(=O)Nc1cc(Cl)ccc1Br. The Labute approximate surface area is 129 Å². The van der Waals surface area contributed by atoms with Crippen molar-refractivity contribution in [1.82, 2.24) is 10.2 Å². The first kappa shape index (κ1) is 15.3. The molecule has 0 radical (unpaired) electrons. The van der Waals surface area contributed by atoms with Crippen molar-refractivity contribution in [2.24, 2.45) is 0 Å². The van der Waals surface area contributed by atoms with Gasteiger partial charge in [0.05, 0.1) is 18.0 Å². The number of aromatic nitrogens is 2. The first-order chi connectivity index (χ1) is 9.35. The van der Waals surface area contributed by atoms with Gasteiger partial charge in [0.2, 0.25) is 0 Å². The highest BCUT2D eigenvalue weighted by Gasteiger charge is 2.24. The molecule has 0 fully saturated rings. The number of nitrogens with one attached hydrogen (secondary N) is 2. The number of halogens is 2. The first-order valence-electron chi connectivity index (χ1n) is 5.47. The van der Waals surface area contributed by atoms with Crippen molar-refractivity contribution in [3.63, 3.8) is 0 Å². The fourth-order valence-corrected chi connectivity index (χ4v) is 3.78. The zero-order valence-electron chi connectivity index (χ0n) is 10.3. The zero-order chi connectivity index (χ0) is 14.9. The minimum atomic E-state index is -3.88. The molecule has 0 aliphatic heterocycles. The summed E-state index contributed by atoms with van der Waals surface area (Å²) >= 11 is 9.09. The lowest BCUT2D eigenvalue weighted by molar-refractivity contribution is 0.273. The second kappa shape index (κ2) is 5.72. The van der Waals surface area contributed by atoms with Crippen LogP contribution in [0.3, 0.4) is 0 Å². The van der Waals surface area contributed by atoms with Gasteiger partial charge < -0.3 is 5.11 Å². The topological polar surface area (TPSA) is 95.1 Å². The maximum atomic E-state index is 12.4. The number of rotatable bonds is 4. The van der Waals surface area contributed by atoms with E-state index in [0.29, 0.717) is 20.9 Å². The number of hydrogen-bond acceptors (Lipinski definition) is 4. The number of H-pyrrole nitrogens is 1. The summed E-state index contributed by atoms with van der Waals surface area (Å²) in [6, 6.07) is 4.75. The Morgan fingerprint density at radius 1 is 1.50 bits per heavy atom. The third kappa shape index (κ3) is 2.98. The molecule has 0 unspecified atom stereocenters. The molecule has 0 saturated carbocycles. The van der Waals surface area contributed by atoms with Crippen LogP contribution in [-0.2, 0) is 16.6 Å². The van der Waals surface area contributed by atoms with E-state index in [1.54, 1.807) is 19.1 Å². The van der Waals surface area contributed by atoms with Gasteiger partial charge in [-0.2, -0.15) is 5.10 Å². The van der Waals surface area contributed by atoms with Gasteiger partial charge in [0.1, 0.15) is 10.6 Å². The Balaban J connectivity index is 2.46. The van der Waals surface area contributed by atoms with Gasteiger partial charge in [-0.25, -0.2) is 8.42 Å². The first-order valence-corrected chi connectivity index (χ1v) is 8.13. The van der Waals surface area contributed by atoms with Crippen molar-refractivity contribution in [1.29, 1.82) is 0 Å². The van der Waals surface area contributed by atoms with E-state index < -0.39 is 16.6 Å². The molecular formula is C11H11BrClN3O3S. The second-order valence-corrected chi connectivity index (χ2v) is 6.92. The van der Waals surface area contributed by atoms with E-state index in [4.69, 9.17) is 16.7 Å². The van der Waals surface area contributed by atoms with E-state index in [2.05, 4.69) is 30.8 Å². The molecule has 0 aliphatic rings. The molecular weight excluding hydrogens is 370 g/mol. The van der Waals surface area contributed by atoms with E-state index >= 15 is 0 Å². The van der Waals surface area contributed by atoms with Crippen LogP contribution in [0, 0.1) is 6.92 Å². The number of aromatic amines is 1. The molecule has 2 rings (SSSR count). The summed E-state index contributed by atoms with van der Waals surface area (Å²) in [5.74, 6) is 0. The molecule has 0 spiro atoms. The molecule has 20 heavy (non-hydrogen) atoms. The summed E-state index contributed by atoms with van der Waals surface area (Å²) in [6.07, 6.45) is 0. The van der Waals surface area contributed by atoms with Crippen LogP contribution in [0.2, 0.25) is 5.02 Å². The number of sulfonamides is 1. The van der Waals surface area contributed by atoms with Gasteiger partial charge in [0.15, 0.2) is 0 Å². The van der Waals surface area contributed by atoms with Gasteiger partial charge in [0, 0.05) is 9.50 Å². The van der Waals surface area contributed by atoms with Crippen LogP contribution in [0.25, 0.3) is 0 Å². The highest BCUT2D eigenvalue weighted by Crippen LogP contribution is 2.29. The highest BCUT2D eigenvalue weighted by atomic mass is 79.9. The van der Waals surface area contributed by atoms with Gasteiger partial charge in [-0.05, 0) is 41.1 Å². The predicted molar refractivity (Wildman–Crippen MR) is 79.2 cm³/mol. The number of aliphatic hydroxyl groups excluding tert-OH is 1. The van der Waals surface area contributed by atoms with Gasteiger partial charge in [0.25, 0.3) is 10.0 Å². The summed E-state index contributed by atoms with van der Waals surface area (Å²) in [5, 5.41) is 15.8. The Morgan fingerprint density at radius 2 is 2.20 bits per heavy atom. The number of benzene rings is 1. The van der Waals surface area contributed by atoms with Crippen molar-refractivity contribution in [3.8, 4) is 0 Å². The van der Waals surface area contributed by atoms with E-state index in [1.165, 1.54) is 6.07 Å². The molecule has 0 amide bonds. The summed E-state index contributed by atoms with van der Waals surface area (Å²) in [7, 11) is -3.88. The highest BCUT2D eigenvalue weighted by molar-refractivity contribution is 9.10. The Morgan fingerprint density at radius 3 is 2.85 bits per heavy atom. The summed E-state index contributed by atoms with van der Waals surface area (Å²) in [4.78, 5) is -0.0631. The number of aryl methyl sites for hydroxylation is 1. The minimum Gasteiger partial charge on any atom is -0.390 e. The van der Waals surface area contributed by atoms with Crippen LogP contribution >= 0.6 is 27.5 Å². The Hall–Kier alpha value is -1.09. The van der Waals surface area contributed by atoms with Crippen molar-refractivity contribution < 1.29 is 13.5 Å². The predicted octanol–water partition coefficient (Wildman–Crippen LogP) is 2.43. The van der Waals surface area contributed by atoms with Crippen LogP contribution in [0.5, 0.6) is 0 Å². The van der Waals surface area contributed by atoms with E-state index in [9.17, 15) is 8.42 Å². The van der Waals surface area contributed by atoms with Crippen molar-refractivity contribution in [3.05, 3.63) is 39.1 Å². The lowest BCUT2D eigenvalue weighted by Gasteiger charge is -2.10. The normalized spacial score (nSPS) is 11.6. The van der Waals surface area contributed by atoms with E-state index in [0.717, 1.165) is 0 Å². The summed E-state index contributed by atoms with van der Waals surface area (Å²) in [5.41, 5.74) is 0.717. The average Bonchev–Trinajstić information content (AvgIpc) is 2.75. The largest absolute Gasteiger partial charge is 0.390 e. The van der Waals surface area contributed by atoms with Crippen molar-refractivity contribution in [2.75, 3.05) is 4.72 Å².